The van der Waals surface area contributed by atoms with Gasteiger partial charge in [-0.3, -0.25) is 5.41 Å². The van der Waals surface area contributed by atoms with Gasteiger partial charge >= 0.3 is 0 Å². The van der Waals surface area contributed by atoms with E-state index in [1.807, 2.05) is 18.3 Å². The second-order valence-corrected chi connectivity index (χ2v) is 18.8. The lowest BCUT2D eigenvalue weighted by molar-refractivity contribution is 0.672. The maximum atomic E-state index is 9.28. The Morgan fingerprint density at radius 3 is 1.25 bits per heavy atom. The molecule has 0 aromatic heterocycles. The van der Waals surface area contributed by atoms with Crippen molar-refractivity contribution in [2.75, 3.05) is 0 Å². The molecule has 59 heavy (non-hydrogen) atoms. The van der Waals surface area contributed by atoms with E-state index >= 15 is 0 Å². The predicted molar refractivity (Wildman–Crippen MR) is 255 cm³/mol. The molecule has 3 nitrogen and oxygen atoms in total. The van der Waals surface area contributed by atoms with Crippen molar-refractivity contribution in [2.24, 2.45) is 0 Å². The topological polar surface area (TPSA) is 47.9 Å². The number of rotatable bonds is 11. The summed E-state index contributed by atoms with van der Waals surface area (Å²) in [7, 11) is -1.70. The lowest BCUT2D eigenvalue weighted by Crippen LogP contribution is -2.45. The van der Waals surface area contributed by atoms with Crippen molar-refractivity contribution in [2.45, 2.75) is 6.17 Å². The van der Waals surface area contributed by atoms with Crippen molar-refractivity contribution in [1.29, 1.82) is 5.41 Å². The summed E-state index contributed by atoms with van der Waals surface area (Å²) in [5.74, 6) is 0.357. The van der Waals surface area contributed by atoms with Gasteiger partial charge in [0.05, 0.1) is 0 Å². The minimum atomic E-state index is -0.851. The van der Waals surface area contributed by atoms with Crippen LogP contribution in [0.2, 0.25) is 0 Å². The highest BCUT2D eigenvalue weighted by Gasteiger charge is 2.24. The van der Waals surface area contributed by atoms with Crippen LogP contribution in [-0.4, -0.2) is 12.0 Å². The first-order valence-electron chi connectivity index (χ1n) is 19.9. The Labute approximate surface area is 349 Å². The summed E-state index contributed by atoms with van der Waals surface area (Å²) in [6.45, 7) is 0. The summed E-state index contributed by atoms with van der Waals surface area (Å²) >= 11 is 0. The molecular formula is C54H43N3P2. The second-order valence-electron chi connectivity index (χ2n) is 14.4. The average Bonchev–Trinajstić information content (AvgIpc) is 3.31. The minimum absolute atomic E-state index is 0.276. The third-order valence-corrected chi connectivity index (χ3v) is 15.3. The van der Waals surface area contributed by atoms with E-state index in [0.717, 1.165) is 33.4 Å². The van der Waals surface area contributed by atoms with Gasteiger partial charge in [-0.1, -0.05) is 206 Å². The normalized spacial score (nSPS) is 13.6. The lowest BCUT2D eigenvalue weighted by Gasteiger charge is -2.28. The molecule has 284 valence electrons. The minimum Gasteiger partial charge on any atom is -0.367 e. The number of amidine groups is 1. The van der Waals surface area contributed by atoms with Gasteiger partial charge in [-0.15, -0.1) is 0 Å². The van der Waals surface area contributed by atoms with Crippen LogP contribution in [0, 0.1) is 5.41 Å². The molecule has 1 aliphatic rings. The van der Waals surface area contributed by atoms with Gasteiger partial charge in [-0.2, -0.15) is 0 Å². The number of allylic oxidation sites excluding steroid dienone is 2. The highest BCUT2D eigenvalue weighted by molar-refractivity contribution is 7.81. The van der Waals surface area contributed by atoms with Gasteiger partial charge in [0, 0.05) is 17.3 Å². The maximum absolute atomic E-state index is 9.28. The number of dihydropyridines is 1. The molecule has 0 saturated carbocycles. The third-order valence-electron chi connectivity index (χ3n) is 10.5. The van der Waals surface area contributed by atoms with Crippen LogP contribution in [0.1, 0.15) is 16.7 Å². The summed E-state index contributed by atoms with van der Waals surface area (Å²) < 4.78 is 0. The second kappa shape index (κ2) is 17.9. The first-order valence-corrected chi connectivity index (χ1v) is 22.6. The van der Waals surface area contributed by atoms with Crippen LogP contribution >= 0.6 is 15.8 Å². The molecule has 0 fully saturated rings. The Morgan fingerprint density at radius 2 is 0.814 bits per heavy atom. The molecule has 1 aliphatic heterocycles. The fraction of sp³-hybridized carbons (Fsp3) is 0.0185. The van der Waals surface area contributed by atoms with E-state index in [9.17, 15) is 5.41 Å². The molecule has 1 unspecified atom stereocenters. The highest BCUT2D eigenvalue weighted by atomic mass is 31.1. The van der Waals surface area contributed by atoms with Crippen molar-refractivity contribution < 1.29 is 0 Å². The molecule has 1 heterocycles. The number of hydrogen-bond acceptors (Lipinski definition) is 2. The monoisotopic (exact) mass is 795 g/mol. The van der Waals surface area contributed by atoms with Crippen LogP contribution in [0.15, 0.2) is 237 Å². The summed E-state index contributed by atoms with van der Waals surface area (Å²) in [4.78, 5) is 0. The van der Waals surface area contributed by atoms with E-state index in [-0.39, 0.29) is 6.17 Å². The van der Waals surface area contributed by atoms with Gasteiger partial charge in [0.1, 0.15) is 12.0 Å². The molecule has 0 bridgehead atoms. The largest absolute Gasteiger partial charge is 0.367 e. The molecular weight excluding hydrogens is 753 g/mol. The Bertz CT molecular complexity index is 2520. The molecule has 8 aromatic rings. The first-order chi connectivity index (χ1) is 29.2. The van der Waals surface area contributed by atoms with Crippen LogP contribution in [0.3, 0.4) is 0 Å². The van der Waals surface area contributed by atoms with Crippen LogP contribution in [0.4, 0.5) is 0 Å². The smallest absolute Gasteiger partial charge is 0.127 e. The summed E-state index contributed by atoms with van der Waals surface area (Å²) in [5.41, 5.74) is 7.55. The summed E-state index contributed by atoms with van der Waals surface area (Å²) in [6, 6.07) is 80.4. The first kappa shape index (κ1) is 37.9. The van der Waals surface area contributed by atoms with Gasteiger partial charge in [-0.25, -0.2) is 0 Å². The Balaban J connectivity index is 1.09. The Morgan fingerprint density at radius 1 is 0.407 bits per heavy atom. The summed E-state index contributed by atoms with van der Waals surface area (Å²) in [6.07, 6.45) is 3.99. The maximum Gasteiger partial charge on any atom is 0.127 e. The highest BCUT2D eigenvalue weighted by Crippen LogP contribution is 2.38. The van der Waals surface area contributed by atoms with E-state index in [1.165, 1.54) is 37.4 Å². The van der Waals surface area contributed by atoms with Crippen molar-refractivity contribution in [3.63, 3.8) is 0 Å². The molecule has 0 spiro atoms. The molecule has 0 radical (unpaired) electrons. The quantitative estimate of drug-likeness (QED) is 0.0694. The van der Waals surface area contributed by atoms with E-state index in [4.69, 9.17) is 0 Å². The summed E-state index contributed by atoms with van der Waals surface area (Å²) in [5, 5.41) is 24.3. The van der Waals surface area contributed by atoms with Crippen LogP contribution in [0.5, 0.6) is 0 Å². The fourth-order valence-corrected chi connectivity index (χ4v) is 12.5. The third kappa shape index (κ3) is 8.64. The Kier molecular flexibility index (Phi) is 11.5. The molecule has 8 aromatic carbocycles. The molecule has 0 aliphatic carbocycles. The Hall–Kier alpha value is -6.63. The number of nitrogens with one attached hydrogen (secondary N) is 3. The number of benzene rings is 8. The van der Waals surface area contributed by atoms with Crippen LogP contribution < -0.4 is 42.5 Å². The van der Waals surface area contributed by atoms with Gasteiger partial charge in [0.15, 0.2) is 0 Å². The van der Waals surface area contributed by atoms with Crippen LogP contribution in [0.25, 0.3) is 22.3 Å². The molecule has 9 rings (SSSR count). The number of hydrogen-bond donors (Lipinski definition) is 3. The lowest BCUT2D eigenvalue weighted by atomic mass is 9.94. The van der Waals surface area contributed by atoms with Crippen molar-refractivity contribution in [1.82, 2.24) is 10.6 Å². The van der Waals surface area contributed by atoms with E-state index < -0.39 is 15.8 Å². The predicted octanol–water partition coefficient (Wildman–Crippen LogP) is 9.84. The molecule has 1 atom stereocenters. The van der Waals surface area contributed by atoms with Crippen molar-refractivity contribution in [3.8, 4) is 11.1 Å². The van der Waals surface area contributed by atoms with Crippen molar-refractivity contribution >= 4 is 64.7 Å². The van der Waals surface area contributed by atoms with E-state index in [0.29, 0.717) is 5.84 Å². The van der Waals surface area contributed by atoms with E-state index in [1.54, 1.807) is 0 Å². The SMILES string of the molecule is N=C(NC1NC=C(c2ccccc2)C=C1c1ccccc1)c1ccc(-c2cc(P(c3ccccc3)c3ccccc3)cc(P(c3ccccc3)c3ccccc3)c2)cc1. The zero-order valence-corrected chi connectivity index (χ0v) is 34.3. The molecule has 5 heteroatoms. The average molecular weight is 796 g/mol. The molecule has 3 N–H and O–H groups in total. The van der Waals surface area contributed by atoms with Gasteiger partial charge < -0.3 is 10.6 Å². The zero-order valence-electron chi connectivity index (χ0n) is 32.5. The molecule has 0 amide bonds. The van der Waals surface area contributed by atoms with Crippen LogP contribution in [-0.2, 0) is 0 Å². The fourth-order valence-electron chi connectivity index (χ4n) is 7.63. The molecule has 0 saturated heterocycles. The van der Waals surface area contributed by atoms with Crippen molar-refractivity contribution in [3.05, 3.63) is 253 Å². The standard InChI is InChI=1S/C54H43N3P2/c55-53(57-54-52(42-21-9-2-10-22-42)37-45(39-56-54)40-19-7-1-8-20-40)43-33-31-41(32-34-43)44-35-50(58(46-23-11-3-12-24-46)47-25-13-4-14-26-47)38-51(36-44)59(48-27-15-5-16-28-48)49-29-17-6-18-30-49/h1-39,54,56H,(H2,55,57). The van der Waals surface area contributed by atoms with E-state index in [2.05, 4.69) is 229 Å². The zero-order chi connectivity index (χ0) is 39.8. The van der Waals surface area contributed by atoms with Gasteiger partial charge in [0.2, 0.25) is 0 Å². The van der Waals surface area contributed by atoms with Gasteiger partial charge in [-0.05, 0) is 99.8 Å². The van der Waals surface area contributed by atoms with Gasteiger partial charge in [0.25, 0.3) is 0 Å².